The second-order valence-electron chi connectivity index (χ2n) is 6.05. The van der Waals surface area contributed by atoms with Crippen LogP contribution in [0.4, 0.5) is 9.59 Å². The number of ether oxygens (including phenoxy) is 3. The number of Topliss-reactive ketones (excluding diaryl/α,β-unsaturated/α-hetero) is 1. The molecule has 1 saturated carbocycles. The van der Waals surface area contributed by atoms with Crippen molar-refractivity contribution in [3.8, 4) is 0 Å². The molecule has 0 aliphatic heterocycles. The van der Waals surface area contributed by atoms with Crippen molar-refractivity contribution < 1.29 is 33.4 Å². The molecule has 23 heavy (non-hydrogen) atoms. The highest BCUT2D eigenvalue weighted by Gasteiger charge is 2.58. The topological polar surface area (TPSA) is 111 Å². The smallest absolute Gasteiger partial charge is 0.430 e. The Labute approximate surface area is 134 Å². The van der Waals surface area contributed by atoms with E-state index in [1.807, 2.05) is 0 Å². The number of rotatable bonds is 2. The molecular formula is C14H22N2O7. The summed E-state index contributed by atoms with van der Waals surface area (Å²) < 4.78 is 14.3. The minimum Gasteiger partial charge on any atom is -0.467 e. The number of hydrazine groups is 1. The number of hydrogen-bond donors (Lipinski definition) is 1. The fraction of sp³-hybridized carbons (Fsp3) is 0.714. The number of hydrogen-bond acceptors (Lipinski definition) is 7. The summed E-state index contributed by atoms with van der Waals surface area (Å²) in [7, 11) is 2.16. The SMILES string of the molecule is COC(=O)N(NC(=O)OC(C)(C)C)C1(C(=O)OC)CCCC1=O. The van der Waals surface area contributed by atoms with Crippen LogP contribution in [0.2, 0.25) is 0 Å². The molecule has 9 nitrogen and oxygen atoms in total. The van der Waals surface area contributed by atoms with Crippen molar-refractivity contribution in [3.63, 3.8) is 0 Å². The number of carbonyl (C=O) groups excluding carboxylic acids is 4. The quantitative estimate of drug-likeness (QED) is 0.350. The number of amides is 2. The summed E-state index contributed by atoms with van der Waals surface area (Å²) in [6.45, 7) is 4.89. The highest BCUT2D eigenvalue weighted by Crippen LogP contribution is 2.33. The first-order valence-electron chi connectivity index (χ1n) is 7.08. The van der Waals surface area contributed by atoms with Gasteiger partial charge in [-0.15, -0.1) is 0 Å². The summed E-state index contributed by atoms with van der Waals surface area (Å²) >= 11 is 0. The Hall–Kier alpha value is -2.32. The lowest BCUT2D eigenvalue weighted by atomic mass is 9.96. The normalized spacial score (nSPS) is 20.7. The van der Waals surface area contributed by atoms with Crippen LogP contribution in [0.1, 0.15) is 40.0 Å². The summed E-state index contributed by atoms with van der Waals surface area (Å²) in [6, 6.07) is 0. The summed E-state index contributed by atoms with van der Waals surface area (Å²) in [6.07, 6.45) is -1.60. The second kappa shape index (κ2) is 6.84. The van der Waals surface area contributed by atoms with Gasteiger partial charge in [-0.3, -0.25) is 4.79 Å². The van der Waals surface area contributed by atoms with Gasteiger partial charge in [0.1, 0.15) is 5.60 Å². The molecule has 0 spiro atoms. The van der Waals surface area contributed by atoms with Crippen LogP contribution in [0.5, 0.6) is 0 Å². The van der Waals surface area contributed by atoms with E-state index in [4.69, 9.17) is 4.74 Å². The third-order valence-electron chi connectivity index (χ3n) is 3.27. The van der Waals surface area contributed by atoms with Crippen LogP contribution in [0, 0.1) is 0 Å². The fourth-order valence-corrected chi connectivity index (χ4v) is 2.34. The van der Waals surface area contributed by atoms with E-state index in [0.717, 1.165) is 14.2 Å². The number of carbonyl (C=O) groups is 4. The van der Waals surface area contributed by atoms with Crippen molar-refractivity contribution in [2.45, 2.75) is 51.2 Å². The molecule has 0 bridgehead atoms. The standard InChI is InChI=1S/C14H22N2O7/c1-13(2,3)23-11(19)15-16(12(20)22-5)14(10(18)21-4)8-6-7-9(14)17/h6-8H2,1-5H3,(H,15,19). The summed E-state index contributed by atoms with van der Waals surface area (Å²) in [5, 5.41) is 0.558. The molecule has 1 rings (SSSR count). The van der Waals surface area contributed by atoms with E-state index in [0.29, 0.717) is 11.4 Å². The van der Waals surface area contributed by atoms with Gasteiger partial charge in [-0.1, -0.05) is 0 Å². The van der Waals surface area contributed by atoms with Crippen molar-refractivity contribution in [3.05, 3.63) is 0 Å². The molecule has 1 aliphatic carbocycles. The lowest BCUT2D eigenvalue weighted by molar-refractivity contribution is -0.160. The van der Waals surface area contributed by atoms with Gasteiger partial charge in [0.15, 0.2) is 5.78 Å². The molecule has 9 heteroatoms. The van der Waals surface area contributed by atoms with Crippen LogP contribution in [0.3, 0.4) is 0 Å². The van der Waals surface area contributed by atoms with Crippen molar-refractivity contribution >= 4 is 23.9 Å². The Morgan fingerprint density at radius 3 is 2.17 bits per heavy atom. The van der Waals surface area contributed by atoms with E-state index < -0.39 is 35.1 Å². The molecule has 1 atom stereocenters. The van der Waals surface area contributed by atoms with Crippen LogP contribution < -0.4 is 5.43 Å². The maximum Gasteiger partial charge on any atom is 0.430 e. The monoisotopic (exact) mass is 330 g/mol. The van der Waals surface area contributed by atoms with E-state index in [1.165, 1.54) is 0 Å². The molecule has 0 saturated heterocycles. The number of nitrogens with zero attached hydrogens (tertiary/aromatic N) is 1. The minimum atomic E-state index is -1.95. The molecule has 0 radical (unpaired) electrons. The third-order valence-corrected chi connectivity index (χ3v) is 3.27. The Kier molecular flexibility index (Phi) is 5.57. The average molecular weight is 330 g/mol. The average Bonchev–Trinajstić information content (AvgIpc) is 2.83. The highest BCUT2D eigenvalue weighted by molar-refractivity contribution is 6.12. The molecule has 130 valence electrons. The summed E-state index contributed by atoms with van der Waals surface area (Å²) in [4.78, 5) is 48.5. The fourth-order valence-electron chi connectivity index (χ4n) is 2.34. The Morgan fingerprint density at radius 2 is 1.78 bits per heavy atom. The molecule has 0 aromatic heterocycles. The molecule has 2 amide bonds. The van der Waals surface area contributed by atoms with E-state index >= 15 is 0 Å². The molecule has 1 aliphatic rings. The van der Waals surface area contributed by atoms with Gasteiger partial charge in [-0.05, 0) is 33.6 Å². The number of esters is 1. The van der Waals surface area contributed by atoms with E-state index in [9.17, 15) is 19.2 Å². The lowest BCUT2D eigenvalue weighted by Gasteiger charge is -2.36. The molecule has 0 heterocycles. The van der Waals surface area contributed by atoms with Crippen LogP contribution >= 0.6 is 0 Å². The third kappa shape index (κ3) is 3.91. The van der Waals surface area contributed by atoms with E-state index in [-0.39, 0.29) is 12.8 Å². The summed E-state index contributed by atoms with van der Waals surface area (Å²) in [5.41, 5.74) is -0.646. The van der Waals surface area contributed by atoms with Gasteiger partial charge >= 0.3 is 18.2 Å². The first-order valence-corrected chi connectivity index (χ1v) is 7.08. The van der Waals surface area contributed by atoms with Gasteiger partial charge in [-0.2, -0.15) is 5.01 Å². The first kappa shape index (κ1) is 18.7. The highest BCUT2D eigenvalue weighted by atomic mass is 16.6. The van der Waals surface area contributed by atoms with Gasteiger partial charge in [0.05, 0.1) is 14.2 Å². The van der Waals surface area contributed by atoms with Crippen LogP contribution in [0.15, 0.2) is 0 Å². The predicted octanol–water partition coefficient (Wildman–Crippen LogP) is 1.16. The van der Waals surface area contributed by atoms with Crippen LogP contribution in [-0.4, -0.2) is 54.3 Å². The van der Waals surface area contributed by atoms with Gasteiger partial charge in [0.2, 0.25) is 5.54 Å². The molecule has 1 unspecified atom stereocenters. The number of methoxy groups -OCH3 is 2. The Morgan fingerprint density at radius 1 is 1.17 bits per heavy atom. The molecule has 0 aromatic rings. The molecule has 0 aromatic carbocycles. The van der Waals surface area contributed by atoms with Gasteiger partial charge in [-0.25, -0.2) is 19.8 Å². The first-order chi connectivity index (χ1) is 10.6. The zero-order chi connectivity index (χ0) is 17.8. The van der Waals surface area contributed by atoms with Crippen molar-refractivity contribution in [1.29, 1.82) is 0 Å². The van der Waals surface area contributed by atoms with Crippen LogP contribution in [-0.2, 0) is 23.8 Å². The van der Waals surface area contributed by atoms with E-state index in [2.05, 4.69) is 14.9 Å². The van der Waals surface area contributed by atoms with E-state index in [1.54, 1.807) is 20.8 Å². The Bertz CT molecular complexity index is 512. The second-order valence-corrected chi connectivity index (χ2v) is 6.05. The largest absolute Gasteiger partial charge is 0.467 e. The van der Waals surface area contributed by atoms with Crippen molar-refractivity contribution in [1.82, 2.24) is 10.4 Å². The molecular weight excluding hydrogens is 308 g/mol. The van der Waals surface area contributed by atoms with Crippen molar-refractivity contribution in [2.24, 2.45) is 0 Å². The minimum absolute atomic E-state index is 0.0173. The zero-order valence-corrected chi connectivity index (χ0v) is 13.9. The Balaban J connectivity index is 3.18. The summed E-state index contributed by atoms with van der Waals surface area (Å²) in [5.74, 6) is -1.48. The van der Waals surface area contributed by atoms with Crippen molar-refractivity contribution in [2.75, 3.05) is 14.2 Å². The van der Waals surface area contributed by atoms with Crippen LogP contribution in [0.25, 0.3) is 0 Å². The number of ketones is 1. The lowest BCUT2D eigenvalue weighted by Crippen LogP contribution is -2.66. The molecule has 1 N–H and O–H groups in total. The zero-order valence-electron chi connectivity index (χ0n) is 13.9. The predicted molar refractivity (Wildman–Crippen MR) is 77.2 cm³/mol. The van der Waals surface area contributed by atoms with Gasteiger partial charge in [0.25, 0.3) is 0 Å². The van der Waals surface area contributed by atoms with Gasteiger partial charge in [0, 0.05) is 6.42 Å². The number of nitrogens with one attached hydrogen (secondary N) is 1. The molecule has 1 fully saturated rings. The van der Waals surface area contributed by atoms with Gasteiger partial charge < -0.3 is 14.2 Å². The maximum absolute atomic E-state index is 12.3. The maximum atomic E-state index is 12.3.